The summed E-state index contributed by atoms with van der Waals surface area (Å²) in [6.07, 6.45) is 0.553. The van der Waals surface area contributed by atoms with Gasteiger partial charge in [-0.3, -0.25) is 4.99 Å². The molecule has 3 unspecified atom stereocenters. The fourth-order valence-electron chi connectivity index (χ4n) is 1.38. The van der Waals surface area contributed by atoms with Gasteiger partial charge in [0, 0.05) is 6.04 Å². The van der Waals surface area contributed by atoms with E-state index in [2.05, 4.69) is 22.5 Å². The lowest BCUT2D eigenvalue weighted by molar-refractivity contribution is 0.152. The number of hydrogen-bond donors (Lipinski definition) is 3. The summed E-state index contributed by atoms with van der Waals surface area (Å²) in [5.41, 5.74) is 0. The standard InChI is InChI=1S/C9H19N3O/c1-4-8(7(3)13)12-9-10-5-6(2)11-9/h6-8,13H,4-5H2,1-3H3,(H2,10,11,12). The molecule has 1 aliphatic rings. The average Bonchev–Trinajstić information content (AvgIpc) is 2.46. The topological polar surface area (TPSA) is 56.7 Å². The number of nitrogens with zero attached hydrogens (tertiary/aromatic N) is 1. The molecule has 1 aliphatic heterocycles. The van der Waals surface area contributed by atoms with E-state index in [1.807, 2.05) is 6.92 Å². The molecule has 0 saturated carbocycles. The van der Waals surface area contributed by atoms with E-state index in [1.54, 1.807) is 6.92 Å². The first-order valence-electron chi connectivity index (χ1n) is 4.89. The molecular weight excluding hydrogens is 166 g/mol. The minimum absolute atomic E-state index is 0.0940. The van der Waals surface area contributed by atoms with Gasteiger partial charge in [0.05, 0.1) is 18.7 Å². The molecule has 0 aliphatic carbocycles. The molecule has 0 bridgehead atoms. The van der Waals surface area contributed by atoms with Crippen molar-refractivity contribution in [1.29, 1.82) is 0 Å². The third kappa shape index (κ3) is 2.88. The van der Waals surface area contributed by atoms with Gasteiger partial charge in [-0.2, -0.15) is 0 Å². The van der Waals surface area contributed by atoms with E-state index < -0.39 is 0 Å². The Bertz CT molecular complexity index is 191. The highest BCUT2D eigenvalue weighted by molar-refractivity contribution is 5.82. The summed E-state index contributed by atoms with van der Waals surface area (Å²) in [6, 6.07) is 0.505. The summed E-state index contributed by atoms with van der Waals surface area (Å²) < 4.78 is 0. The van der Waals surface area contributed by atoms with Crippen molar-refractivity contribution in [2.75, 3.05) is 6.54 Å². The maximum Gasteiger partial charge on any atom is 0.191 e. The van der Waals surface area contributed by atoms with Crippen molar-refractivity contribution < 1.29 is 5.11 Å². The van der Waals surface area contributed by atoms with E-state index >= 15 is 0 Å². The second-order valence-corrected chi connectivity index (χ2v) is 3.63. The third-order valence-electron chi connectivity index (χ3n) is 2.25. The maximum absolute atomic E-state index is 9.39. The number of nitrogens with one attached hydrogen (secondary N) is 2. The molecule has 0 amide bonds. The normalized spacial score (nSPS) is 26.2. The first kappa shape index (κ1) is 10.3. The fourth-order valence-corrected chi connectivity index (χ4v) is 1.38. The van der Waals surface area contributed by atoms with Gasteiger partial charge in [-0.1, -0.05) is 6.92 Å². The molecule has 0 aromatic heterocycles. The molecule has 3 atom stereocenters. The summed E-state index contributed by atoms with van der Waals surface area (Å²) in [6.45, 7) is 6.74. The summed E-state index contributed by atoms with van der Waals surface area (Å²) >= 11 is 0. The SMILES string of the molecule is CCC(NC1=NCC(C)N1)C(C)O. The van der Waals surface area contributed by atoms with Crippen LogP contribution in [0, 0.1) is 0 Å². The van der Waals surface area contributed by atoms with Gasteiger partial charge in [-0.25, -0.2) is 0 Å². The molecule has 13 heavy (non-hydrogen) atoms. The van der Waals surface area contributed by atoms with Crippen LogP contribution in [-0.2, 0) is 0 Å². The minimum Gasteiger partial charge on any atom is -0.391 e. The molecule has 0 radical (unpaired) electrons. The Labute approximate surface area is 79.4 Å². The number of rotatable bonds is 3. The van der Waals surface area contributed by atoms with E-state index in [0.29, 0.717) is 6.04 Å². The number of aliphatic hydroxyl groups excluding tert-OH is 1. The largest absolute Gasteiger partial charge is 0.391 e. The van der Waals surface area contributed by atoms with Crippen LogP contribution >= 0.6 is 0 Å². The number of aliphatic imine (C=N–C) groups is 1. The summed E-state index contributed by atoms with van der Waals surface area (Å²) in [4.78, 5) is 4.27. The Morgan fingerprint density at radius 3 is 2.85 bits per heavy atom. The molecule has 0 aromatic carbocycles. The van der Waals surface area contributed by atoms with Gasteiger partial charge in [0.1, 0.15) is 0 Å². The van der Waals surface area contributed by atoms with Gasteiger partial charge in [-0.05, 0) is 20.3 Å². The first-order chi connectivity index (χ1) is 6.13. The fraction of sp³-hybridized carbons (Fsp3) is 0.889. The zero-order valence-electron chi connectivity index (χ0n) is 8.54. The Morgan fingerprint density at radius 1 is 1.77 bits per heavy atom. The van der Waals surface area contributed by atoms with Crippen LogP contribution in [0.15, 0.2) is 4.99 Å². The van der Waals surface area contributed by atoms with Gasteiger partial charge in [0.15, 0.2) is 5.96 Å². The quantitative estimate of drug-likeness (QED) is 0.584. The highest BCUT2D eigenvalue weighted by Gasteiger charge is 2.18. The Hall–Kier alpha value is -0.770. The number of guanidine groups is 1. The van der Waals surface area contributed by atoms with Gasteiger partial charge < -0.3 is 15.7 Å². The molecule has 0 spiro atoms. The van der Waals surface area contributed by atoms with Gasteiger partial charge in [0.2, 0.25) is 0 Å². The van der Waals surface area contributed by atoms with E-state index in [-0.39, 0.29) is 12.1 Å². The molecule has 4 nitrogen and oxygen atoms in total. The van der Waals surface area contributed by atoms with E-state index in [4.69, 9.17) is 0 Å². The van der Waals surface area contributed by atoms with Crippen LogP contribution in [0.4, 0.5) is 0 Å². The van der Waals surface area contributed by atoms with Crippen LogP contribution in [0.2, 0.25) is 0 Å². The van der Waals surface area contributed by atoms with Crippen molar-refractivity contribution in [3.8, 4) is 0 Å². The zero-order valence-corrected chi connectivity index (χ0v) is 8.54. The van der Waals surface area contributed by atoms with Crippen molar-refractivity contribution in [3.05, 3.63) is 0 Å². The Kier molecular flexibility index (Phi) is 3.54. The molecule has 0 fully saturated rings. The molecule has 4 heteroatoms. The summed E-state index contributed by atoms with van der Waals surface area (Å²) in [5, 5.41) is 15.8. The second-order valence-electron chi connectivity index (χ2n) is 3.63. The Balaban J connectivity index is 2.38. The molecule has 76 valence electrons. The molecular formula is C9H19N3O. The predicted molar refractivity (Wildman–Crippen MR) is 53.8 cm³/mol. The van der Waals surface area contributed by atoms with Gasteiger partial charge in [-0.15, -0.1) is 0 Å². The third-order valence-corrected chi connectivity index (χ3v) is 2.25. The van der Waals surface area contributed by atoms with Crippen LogP contribution in [0.5, 0.6) is 0 Å². The summed E-state index contributed by atoms with van der Waals surface area (Å²) in [7, 11) is 0. The smallest absolute Gasteiger partial charge is 0.191 e. The van der Waals surface area contributed by atoms with Crippen LogP contribution in [0.1, 0.15) is 27.2 Å². The van der Waals surface area contributed by atoms with E-state index in [0.717, 1.165) is 18.9 Å². The Morgan fingerprint density at radius 2 is 2.46 bits per heavy atom. The summed E-state index contributed by atoms with van der Waals surface area (Å²) in [5.74, 6) is 0.820. The minimum atomic E-state index is -0.342. The molecule has 0 aromatic rings. The monoisotopic (exact) mass is 185 g/mol. The van der Waals surface area contributed by atoms with Crippen LogP contribution in [0.3, 0.4) is 0 Å². The predicted octanol–water partition coefficient (Wildman–Crippen LogP) is 0.0831. The highest BCUT2D eigenvalue weighted by Crippen LogP contribution is 2.00. The highest BCUT2D eigenvalue weighted by atomic mass is 16.3. The van der Waals surface area contributed by atoms with Crippen molar-refractivity contribution in [2.24, 2.45) is 4.99 Å². The van der Waals surface area contributed by atoms with Crippen molar-refractivity contribution in [1.82, 2.24) is 10.6 Å². The van der Waals surface area contributed by atoms with Gasteiger partial charge >= 0.3 is 0 Å². The van der Waals surface area contributed by atoms with E-state index in [1.165, 1.54) is 0 Å². The lowest BCUT2D eigenvalue weighted by Crippen LogP contribution is -2.47. The zero-order chi connectivity index (χ0) is 9.84. The second kappa shape index (κ2) is 4.46. The maximum atomic E-state index is 9.39. The molecule has 1 rings (SSSR count). The number of hydrogen-bond acceptors (Lipinski definition) is 4. The lowest BCUT2D eigenvalue weighted by atomic mass is 10.1. The molecule has 3 N–H and O–H groups in total. The number of aliphatic hydroxyl groups is 1. The van der Waals surface area contributed by atoms with Crippen LogP contribution < -0.4 is 10.6 Å². The van der Waals surface area contributed by atoms with Crippen LogP contribution in [-0.4, -0.2) is 35.8 Å². The average molecular weight is 185 g/mol. The van der Waals surface area contributed by atoms with Crippen molar-refractivity contribution >= 4 is 5.96 Å². The van der Waals surface area contributed by atoms with Crippen LogP contribution in [0.25, 0.3) is 0 Å². The lowest BCUT2D eigenvalue weighted by Gasteiger charge is -2.21. The van der Waals surface area contributed by atoms with E-state index in [9.17, 15) is 5.11 Å². The van der Waals surface area contributed by atoms with Crippen molar-refractivity contribution in [3.63, 3.8) is 0 Å². The first-order valence-corrected chi connectivity index (χ1v) is 4.89. The molecule has 0 saturated heterocycles. The van der Waals surface area contributed by atoms with Crippen molar-refractivity contribution in [2.45, 2.75) is 45.4 Å². The van der Waals surface area contributed by atoms with Gasteiger partial charge in [0.25, 0.3) is 0 Å². The molecule has 1 heterocycles.